The Hall–Kier alpha value is -0.590. The first-order chi connectivity index (χ1) is 6.49. The van der Waals surface area contributed by atoms with E-state index in [1.54, 1.807) is 12.1 Å². The Bertz CT molecular complexity index is 260. The van der Waals surface area contributed by atoms with E-state index in [9.17, 15) is 13.2 Å². The van der Waals surface area contributed by atoms with Crippen molar-refractivity contribution in [2.75, 3.05) is 13.2 Å². The molecule has 0 saturated carbocycles. The highest BCUT2D eigenvalue weighted by Crippen LogP contribution is 2.19. The summed E-state index contributed by atoms with van der Waals surface area (Å²) >= 11 is 1.40. The molecule has 1 atom stereocenters. The van der Waals surface area contributed by atoms with Gasteiger partial charge in [0.05, 0.1) is 12.6 Å². The number of thiophene rings is 1. The summed E-state index contributed by atoms with van der Waals surface area (Å²) in [7, 11) is 0. The molecule has 1 rings (SSSR count). The first-order valence-electron chi connectivity index (χ1n) is 3.92. The molecule has 1 heterocycles. The van der Waals surface area contributed by atoms with Crippen molar-refractivity contribution in [3.8, 4) is 0 Å². The van der Waals surface area contributed by atoms with Crippen molar-refractivity contribution in [3.05, 3.63) is 22.4 Å². The highest BCUT2D eigenvalue weighted by molar-refractivity contribution is 7.10. The molecule has 0 spiro atoms. The lowest BCUT2D eigenvalue weighted by atomic mass is 10.3. The van der Waals surface area contributed by atoms with Crippen LogP contribution in [0.2, 0.25) is 0 Å². The molecule has 1 unspecified atom stereocenters. The van der Waals surface area contributed by atoms with Gasteiger partial charge in [0.1, 0.15) is 6.61 Å². The number of ether oxygens (including phenoxy) is 1. The predicted octanol–water partition coefficient (Wildman–Crippen LogP) is 2.33. The first-order valence-corrected chi connectivity index (χ1v) is 4.80. The van der Waals surface area contributed by atoms with Gasteiger partial charge >= 0.3 is 6.18 Å². The summed E-state index contributed by atoms with van der Waals surface area (Å²) in [4.78, 5) is 0.826. The number of rotatable bonds is 4. The molecule has 0 radical (unpaired) electrons. The van der Waals surface area contributed by atoms with Crippen molar-refractivity contribution >= 4 is 11.3 Å². The zero-order valence-electron chi connectivity index (χ0n) is 7.25. The minimum Gasteiger partial charge on any atom is -0.370 e. The minimum atomic E-state index is -4.28. The zero-order chi connectivity index (χ0) is 10.6. The molecule has 1 aromatic rings. The van der Waals surface area contributed by atoms with Gasteiger partial charge in [0, 0.05) is 4.88 Å². The Balaban J connectivity index is 2.26. The highest BCUT2D eigenvalue weighted by atomic mass is 32.1. The van der Waals surface area contributed by atoms with E-state index in [1.807, 2.05) is 5.38 Å². The fraction of sp³-hybridized carbons (Fsp3) is 0.500. The molecule has 80 valence electrons. The lowest BCUT2D eigenvalue weighted by molar-refractivity contribution is -0.174. The molecule has 0 amide bonds. The van der Waals surface area contributed by atoms with Crippen molar-refractivity contribution in [2.24, 2.45) is 5.73 Å². The van der Waals surface area contributed by atoms with Crippen LogP contribution in [-0.2, 0) is 4.74 Å². The van der Waals surface area contributed by atoms with E-state index in [-0.39, 0.29) is 6.61 Å². The molecule has 0 aliphatic rings. The quantitative estimate of drug-likeness (QED) is 0.853. The van der Waals surface area contributed by atoms with Gasteiger partial charge in [-0.15, -0.1) is 11.3 Å². The molecule has 2 N–H and O–H groups in total. The van der Waals surface area contributed by atoms with Crippen molar-refractivity contribution < 1.29 is 17.9 Å². The first kappa shape index (κ1) is 11.5. The van der Waals surface area contributed by atoms with Crippen LogP contribution in [0.4, 0.5) is 13.2 Å². The topological polar surface area (TPSA) is 35.2 Å². The number of halogens is 3. The molecule has 0 aliphatic carbocycles. The molecular weight excluding hydrogens is 215 g/mol. The third kappa shape index (κ3) is 4.08. The Morgan fingerprint density at radius 2 is 2.21 bits per heavy atom. The maximum absolute atomic E-state index is 11.7. The van der Waals surface area contributed by atoms with E-state index < -0.39 is 18.8 Å². The smallest absolute Gasteiger partial charge is 0.370 e. The normalized spacial score (nSPS) is 14.3. The van der Waals surface area contributed by atoms with Crippen molar-refractivity contribution in [1.82, 2.24) is 0 Å². The summed E-state index contributed by atoms with van der Waals surface area (Å²) in [6, 6.07) is 3.09. The average Bonchev–Trinajstić information content (AvgIpc) is 2.53. The molecule has 0 aliphatic heterocycles. The standard InChI is InChI=1S/C8H10F3NOS/c9-8(10,11)5-13-4-6(12)7-2-1-3-14-7/h1-3,6H,4-5,12H2. The summed E-state index contributed by atoms with van der Waals surface area (Å²) in [6.45, 7) is -1.36. The fourth-order valence-corrected chi connectivity index (χ4v) is 1.60. The van der Waals surface area contributed by atoms with E-state index in [2.05, 4.69) is 4.74 Å². The van der Waals surface area contributed by atoms with Gasteiger partial charge in [0.25, 0.3) is 0 Å². The van der Waals surface area contributed by atoms with Crippen LogP contribution < -0.4 is 5.73 Å². The van der Waals surface area contributed by atoms with E-state index in [0.717, 1.165) is 4.88 Å². The summed E-state index contributed by atoms with van der Waals surface area (Å²) < 4.78 is 39.5. The van der Waals surface area contributed by atoms with Crippen LogP contribution in [0.3, 0.4) is 0 Å². The van der Waals surface area contributed by atoms with Crippen LogP contribution in [0, 0.1) is 0 Å². The van der Waals surface area contributed by atoms with Gasteiger partial charge in [0.15, 0.2) is 0 Å². The molecule has 14 heavy (non-hydrogen) atoms. The van der Waals surface area contributed by atoms with Crippen LogP contribution >= 0.6 is 11.3 Å². The van der Waals surface area contributed by atoms with Crippen LogP contribution in [0.15, 0.2) is 17.5 Å². The molecule has 6 heteroatoms. The number of hydrogen-bond donors (Lipinski definition) is 1. The van der Waals surface area contributed by atoms with Gasteiger partial charge in [-0.2, -0.15) is 13.2 Å². The molecule has 1 aromatic heterocycles. The second kappa shape index (κ2) is 4.77. The van der Waals surface area contributed by atoms with E-state index in [0.29, 0.717) is 0 Å². The molecule has 0 fully saturated rings. The van der Waals surface area contributed by atoms with Crippen molar-refractivity contribution in [1.29, 1.82) is 0 Å². The van der Waals surface area contributed by atoms with Gasteiger partial charge in [-0.1, -0.05) is 6.07 Å². The average molecular weight is 225 g/mol. The molecule has 0 bridgehead atoms. The Labute approximate surface area is 83.5 Å². The number of hydrogen-bond acceptors (Lipinski definition) is 3. The largest absolute Gasteiger partial charge is 0.411 e. The Morgan fingerprint density at radius 3 is 2.71 bits per heavy atom. The van der Waals surface area contributed by atoms with Crippen LogP contribution in [-0.4, -0.2) is 19.4 Å². The van der Waals surface area contributed by atoms with Gasteiger partial charge in [-0.05, 0) is 11.4 Å². The van der Waals surface area contributed by atoms with Gasteiger partial charge in [-0.3, -0.25) is 0 Å². The minimum absolute atomic E-state index is 0.111. The van der Waals surface area contributed by atoms with Gasteiger partial charge in [0.2, 0.25) is 0 Å². The summed E-state index contributed by atoms with van der Waals surface area (Å²) in [5.74, 6) is 0. The maximum Gasteiger partial charge on any atom is 0.411 e. The van der Waals surface area contributed by atoms with E-state index >= 15 is 0 Å². The lowest BCUT2D eigenvalue weighted by Crippen LogP contribution is -2.22. The third-order valence-electron chi connectivity index (χ3n) is 1.47. The zero-order valence-corrected chi connectivity index (χ0v) is 8.07. The van der Waals surface area contributed by atoms with Crippen LogP contribution in [0.1, 0.15) is 10.9 Å². The fourth-order valence-electron chi connectivity index (χ4n) is 0.886. The van der Waals surface area contributed by atoms with Crippen molar-refractivity contribution in [2.45, 2.75) is 12.2 Å². The molecule has 0 aromatic carbocycles. The van der Waals surface area contributed by atoms with E-state index in [4.69, 9.17) is 5.73 Å². The number of alkyl halides is 3. The summed E-state index contributed by atoms with van der Waals surface area (Å²) in [6.07, 6.45) is -4.28. The van der Waals surface area contributed by atoms with E-state index in [1.165, 1.54) is 11.3 Å². The molecule has 0 saturated heterocycles. The maximum atomic E-state index is 11.7. The molecule has 2 nitrogen and oxygen atoms in total. The van der Waals surface area contributed by atoms with Gasteiger partial charge in [-0.25, -0.2) is 0 Å². The van der Waals surface area contributed by atoms with Crippen LogP contribution in [0.5, 0.6) is 0 Å². The van der Waals surface area contributed by atoms with Crippen LogP contribution in [0.25, 0.3) is 0 Å². The second-order valence-electron chi connectivity index (χ2n) is 2.75. The van der Waals surface area contributed by atoms with Gasteiger partial charge < -0.3 is 10.5 Å². The highest BCUT2D eigenvalue weighted by Gasteiger charge is 2.27. The monoisotopic (exact) mass is 225 g/mol. The van der Waals surface area contributed by atoms with Crippen molar-refractivity contribution in [3.63, 3.8) is 0 Å². The third-order valence-corrected chi connectivity index (χ3v) is 2.48. The lowest BCUT2D eigenvalue weighted by Gasteiger charge is -2.11. The molecular formula is C8H10F3NOS. The number of nitrogens with two attached hydrogens (primary N) is 1. The Morgan fingerprint density at radius 1 is 1.50 bits per heavy atom. The summed E-state index contributed by atoms with van der Waals surface area (Å²) in [5.41, 5.74) is 5.59. The SMILES string of the molecule is NC(COCC(F)(F)F)c1cccs1. The Kier molecular flexibility index (Phi) is 3.91. The summed E-state index contributed by atoms with van der Waals surface area (Å²) in [5, 5.41) is 1.82. The second-order valence-corrected chi connectivity index (χ2v) is 3.73. The predicted molar refractivity (Wildman–Crippen MR) is 48.1 cm³/mol.